The SMILES string of the molecule is CC(C)=CCC(CC=C(C)C)(C(=O)O)S(=O)(=O)c1ccccc1C.NO. The molecule has 0 spiro atoms. The lowest BCUT2D eigenvalue weighted by molar-refractivity contribution is -0.140. The summed E-state index contributed by atoms with van der Waals surface area (Å²) in [5.41, 5.74) is 2.33. The fourth-order valence-corrected chi connectivity index (χ4v) is 4.40. The van der Waals surface area contributed by atoms with Crippen LogP contribution in [0.4, 0.5) is 0 Å². The molecule has 1 rings (SSSR count). The zero-order valence-corrected chi connectivity index (χ0v) is 16.8. The van der Waals surface area contributed by atoms with Crippen LogP contribution in [0.2, 0.25) is 0 Å². The van der Waals surface area contributed by atoms with Gasteiger partial charge in [-0.3, -0.25) is 4.79 Å². The number of aliphatic carboxylic acids is 1. The van der Waals surface area contributed by atoms with Gasteiger partial charge in [-0.25, -0.2) is 14.3 Å². The molecule has 0 aliphatic carbocycles. The molecular weight excluding hydrogens is 354 g/mol. The van der Waals surface area contributed by atoms with E-state index in [1.165, 1.54) is 6.07 Å². The van der Waals surface area contributed by atoms with Crippen LogP contribution in [0.25, 0.3) is 0 Å². The molecule has 26 heavy (non-hydrogen) atoms. The highest BCUT2D eigenvalue weighted by Gasteiger charge is 2.50. The summed E-state index contributed by atoms with van der Waals surface area (Å²) in [4.78, 5) is 12.2. The van der Waals surface area contributed by atoms with Crippen molar-refractivity contribution in [3.63, 3.8) is 0 Å². The van der Waals surface area contributed by atoms with E-state index >= 15 is 0 Å². The van der Waals surface area contributed by atoms with Crippen LogP contribution in [0.5, 0.6) is 0 Å². The predicted molar refractivity (Wildman–Crippen MR) is 103 cm³/mol. The first-order valence-electron chi connectivity index (χ1n) is 8.11. The van der Waals surface area contributed by atoms with E-state index in [1.807, 2.05) is 27.7 Å². The normalized spacial score (nSPS) is 11.0. The third-order valence-corrected chi connectivity index (χ3v) is 6.54. The van der Waals surface area contributed by atoms with Gasteiger partial charge in [0.25, 0.3) is 0 Å². The maximum absolute atomic E-state index is 13.3. The molecule has 0 bridgehead atoms. The largest absolute Gasteiger partial charge is 0.480 e. The Balaban J connectivity index is 0.00000301. The van der Waals surface area contributed by atoms with Gasteiger partial charge in [0.1, 0.15) is 0 Å². The van der Waals surface area contributed by atoms with Crippen molar-refractivity contribution in [2.24, 2.45) is 5.90 Å². The maximum Gasteiger partial charge on any atom is 0.326 e. The number of carboxylic acid groups (broad SMARTS) is 1. The lowest BCUT2D eigenvalue weighted by Crippen LogP contribution is -2.46. The molecule has 1 aromatic carbocycles. The van der Waals surface area contributed by atoms with Crippen LogP contribution in [-0.4, -0.2) is 29.4 Å². The Hall–Kier alpha value is -1.96. The topological polar surface area (TPSA) is 118 Å². The van der Waals surface area contributed by atoms with Crippen LogP contribution in [0.3, 0.4) is 0 Å². The number of nitrogens with two attached hydrogens (primary N) is 1. The molecular formula is C19H29NO5S. The van der Waals surface area contributed by atoms with Crippen molar-refractivity contribution < 1.29 is 23.5 Å². The number of rotatable bonds is 7. The van der Waals surface area contributed by atoms with E-state index in [0.717, 1.165) is 11.1 Å². The van der Waals surface area contributed by atoms with E-state index in [4.69, 9.17) is 5.21 Å². The van der Waals surface area contributed by atoms with E-state index in [2.05, 4.69) is 5.90 Å². The van der Waals surface area contributed by atoms with Crippen LogP contribution in [0.1, 0.15) is 46.1 Å². The van der Waals surface area contributed by atoms with Crippen LogP contribution < -0.4 is 5.90 Å². The summed E-state index contributed by atoms with van der Waals surface area (Å²) in [6.07, 6.45) is 3.24. The molecule has 0 aliphatic heterocycles. The van der Waals surface area contributed by atoms with Crippen LogP contribution in [0, 0.1) is 6.92 Å². The fraction of sp³-hybridized carbons (Fsp3) is 0.421. The van der Waals surface area contributed by atoms with Gasteiger partial charge in [-0.05, 0) is 59.1 Å². The number of hydrogen-bond donors (Lipinski definition) is 3. The Morgan fingerprint density at radius 1 is 1.04 bits per heavy atom. The molecule has 0 atom stereocenters. The van der Waals surface area contributed by atoms with Gasteiger partial charge in [-0.2, -0.15) is 0 Å². The molecule has 0 saturated carbocycles. The van der Waals surface area contributed by atoms with E-state index < -0.39 is 20.6 Å². The molecule has 4 N–H and O–H groups in total. The first-order chi connectivity index (χ1) is 12.0. The van der Waals surface area contributed by atoms with E-state index in [9.17, 15) is 18.3 Å². The lowest BCUT2D eigenvalue weighted by Gasteiger charge is -2.28. The van der Waals surface area contributed by atoms with Gasteiger partial charge in [0, 0.05) is 0 Å². The highest BCUT2D eigenvalue weighted by Crippen LogP contribution is 2.35. The smallest absolute Gasteiger partial charge is 0.326 e. The molecule has 0 radical (unpaired) electrons. The third kappa shape index (κ3) is 5.52. The van der Waals surface area contributed by atoms with Gasteiger partial charge in [-0.1, -0.05) is 41.5 Å². The lowest BCUT2D eigenvalue weighted by atomic mass is 9.97. The molecule has 0 aromatic heterocycles. The van der Waals surface area contributed by atoms with Gasteiger partial charge in [0.2, 0.25) is 0 Å². The first-order valence-corrected chi connectivity index (χ1v) is 9.59. The number of sulfone groups is 1. The molecule has 0 amide bonds. The van der Waals surface area contributed by atoms with E-state index in [0.29, 0.717) is 5.56 Å². The van der Waals surface area contributed by atoms with Crippen LogP contribution >= 0.6 is 0 Å². The molecule has 0 unspecified atom stereocenters. The van der Waals surface area contributed by atoms with Crippen molar-refractivity contribution in [2.45, 2.75) is 57.1 Å². The third-order valence-electron chi connectivity index (χ3n) is 3.97. The molecule has 146 valence electrons. The van der Waals surface area contributed by atoms with Gasteiger partial charge < -0.3 is 10.3 Å². The van der Waals surface area contributed by atoms with Crippen LogP contribution in [0.15, 0.2) is 52.5 Å². The molecule has 6 nitrogen and oxygen atoms in total. The quantitative estimate of drug-likeness (QED) is 0.489. The molecule has 1 aromatic rings. The summed E-state index contributed by atoms with van der Waals surface area (Å²) in [7, 11) is -4.07. The van der Waals surface area contributed by atoms with Crippen molar-refractivity contribution >= 4 is 15.8 Å². The second kappa shape index (κ2) is 10.3. The summed E-state index contributed by atoms with van der Waals surface area (Å²) in [6.45, 7) is 8.99. The molecule has 7 heteroatoms. The molecule has 0 saturated heterocycles. The Bertz CT molecular complexity index is 751. The average molecular weight is 384 g/mol. The van der Waals surface area contributed by atoms with Gasteiger partial charge >= 0.3 is 5.97 Å². The zero-order chi connectivity index (χ0) is 20.5. The van der Waals surface area contributed by atoms with Crippen molar-refractivity contribution in [3.05, 3.63) is 53.1 Å². The second-order valence-electron chi connectivity index (χ2n) is 6.54. The average Bonchev–Trinajstić information content (AvgIpc) is 2.56. The van der Waals surface area contributed by atoms with Crippen molar-refractivity contribution in [3.8, 4) is 0 Å². The zero-order valence-electron chi connectivity index (χ0n) is 16.0. The number of benzene rings is 1. The Morgan fingerprint density at radius 3 is 1.81 bits per heavy atom. The number of allylic oxidation sites excluding steroid dienone is 4. The minimum absolute atomic E-state index is 0.0644. The Kier molecular flexibility index (Phi) is 9.48. The maximum atomic E-state index is 13.3. The number of carbonyl (C=O) groups is 1. The standard InChI is InChI=1S/C19H26O4S.H3NO/c1-14(2)10-12-19(18(20)21,13-11-15(3)4)24(22,23)17-9-7-6-8-16(17)5;1-2/h6-11H,12-13H2,1-5H3,(H,20,21);2H,1H2. The van der Waals surface area contributed by atoms with Gasteiger partial charge in [0.05, 0.1) is 4.90 Å². The summed E-state index contributed by atoms with van der Waals surface area (Å²) < 4.78 is 24.7. The van der Waals surface area contributed by atoms with Crippen LogP contribution in [-0.2, 0) is 14.6 Å². The van der Waals surface area contributed by atoms with Gasteiger partial charge in [0.15, 0.2) is 14.6 Å². The molecule has 0 fully saturated rings. The minimum atomic E-state index is -4.07. The highest BCUT2D eigenvalue weighted by molar-refractivity contribution is 7.93. The minimum Gasteiger partial charge on any atom is -0.480 e. The van der Waals surface area contributed by atoms with Crippen molar-refractivity contribution in [2.75, 3.05) is 0 Å². The van der Waals surface area contributed by atoms with E-state index in [-0.39, 0.29) is 17.7 Å². The number of carboxylic acids is 1. The van der Waals surface area contributed by atoms with Crippen molar-refractivity contribution in [1.29, 1.82) is 0 Å². The number of hydrogen-bond acceptors (Lipinski definition) is 5. The second-order valence-corrected chi connectivity index (χ2v) is 8.77. The molecule has 0 heterocycles. The first kappa shape index (κ1) is 24.0. The van der Waals surface area contributed by atoms with Crippen molar-refractivity contribution in [1.82, 2.24) is 0 Å². The molecule has 0 aliphatic rings. The monoisotopic (exact) mass is 383 g/mol. The summed E-state index contributed by atoms with van der Waals surface area (Å²) in [5, 5.41) is 16.4. The fourth-order valence-electron chi connectivity index (χ4n) is 2.40. The Morgan fingerprint density at radius 2 is 1.46 bits per heavy atom. The highest BCUT2D eigenvalue weighted by atomic mass is 32.2. The van der Waals surface area contributed by atoms with Gasteiger partial charge in [-0.15, -0.1) is 0 Å². The summed E-state index contributed by atoms with van der Waals surface area (Å²) in [5.74, 6) is 2.18. The van der Waals surface area contributed by atoms with E-state index in [1.54, 1.807) is 37.3 Å². The summed E-state index contributed by atoms with van der Waals surface area (Å²) >= 11 is 0. The predicted octanol–water partition coefficient (Wildman–Crippen LogP) is 3.64. The number of aryl methyl sites for hydroxylation is 1. The Labute approximate surface area is 155 Å². The summed E-state index contributed by atoms with van der Waals surface area (Å²) in [6, 6.07) is 6.52.